The molecule has 1 aromatic rings. The van der Waals surface area contributed by atoms with Crippen molar-refractivity contribution in [2.45, 2.75) is 26.0 Å². The monoisotopic (exact) mass is 142 g/mol. The molecule has 10 heavy (non-hydrogen) atoms. The average Bonchev–Trinajstić information content (AvgIpc) is 2.12. The first kappa shape index (κ1) is 7.14. The Hall–Kier alpha value is -0.970. The third-order valence-corrected chi connectivity index (χ3v) is 0.940. The van der Waals surface area contributed by atoms with Crippen molar-refractivity contribution in [2.24, 2.45) is 0 Å². The fourth-order valence-electron chi connectivity index (χ4n) is 0.649. The molecular formula is C5H10N4O. The van der Waals surface area contributed by atoms with Gasteiger partial charge in [0.25, 0.3) is 0 Å². The Morgan fingerprint density at radius 2 is 2.30 bits per heavy atom. The second-order valence-electron chi connectivity index (χ2n) is 2.82. The highest BCUT2D eigenvalue weighted by Gasteiger charge is 2.13. The second kappa shape index (κ2) is 2.34. The quantitative estimate of drug-likeness (QED) is 0.601. The molecule has 0 aliphatic carbocycles. The van der Waals surface area contributed by atoms with Gasteiger partial charge in [0.05, 0.1) is 12.1 Å². The van der Waals surface area contributed by atoms with E-state index in [4.69, 9.17) is 0 Å². The zero-order valence-corrected chi connectivity index (χ0v) is 6.02. The van der Waals surface area contributed by atoms with Crippen LogP contribution in [0, 0.1) is 0 Å². The lowest BCUT2D eigenvalue weighted by Gasteiger charge is -2.14. The van der Waals surface area contributed by atoms with Crippen molar-refractivity contribution in [1.82, 2.24) is 20.2 Å². The molecule has 1 heterocycles. The van der Waals surface area contributed by atoms with Crippen LogP contribution in [0.4, 0.5) is 0 Å². The minimum absolute atomic E-state index is 0.417. The number of aliphatic hydroxyl groups is 1. The van der Waals surface area contributed by atoms with E-state index in [0.29, 0.717) is 6.54 Å². The number of nitrogens with zero attached hydrogens (tertiary/aromatic N) is 4. The van der Waals surface area contributed by atoms with Gasteiger partial charge in [-0.3, -0.25) is 0 Å². The van der Waals surface area contributed by atoms with Gasteiger partial charge >= 0.3 is 0 Å². The first-order chi connectivity index (χ1) is 4.58. The van der Waals surface area contributed by atoms with Gasteiger partial charge in [-0.25, -0.2) is 4.68 Å². The Balaban J connectivity index is 2.57. The standard InChI is InChI=1S/C5H10N4O/c1-5(2,10)3-9-4-6-7-8-9/h4,10H,3H2,1-2H3. The molecule has 0 saturated carbocycles. The van der Waals surface area contributed by atoms with Gasteiger partial charge in [-0.05, 0) is 24.3 Å². The van der Waals surface area contributed by atoms with E-state index in [2.05, 4.69) is 15.5 Å². The van der Waals surface area contributed by atoms with Gasteiger partial charge in [-0.15, -0.1) is 5.10 Å². The molecule has 56 valence electrons. The Bertz CT molecular complexity index is 188. The molecule has 0 saturated heterocycles. The molecule has 1 N–H and O–H groups in total. The van der Waals surface area contributed by atoms with Crippen LogP contribution < -0.4 is 0 Å². The number of hydrogen-bond acceptors (Lipinski definition) is 4. The van der Waals surface area contributed by atoms with Crippen molar-refractivity contribution in [3.05, 3.63) is 6.33 Å². The molecule has 0 bridgehead atoms. The van der Waals surface area contributed by atoms with E-state index in [1.54, 1.807) is 13.8 Å². The molecule has 0 aliphatic rings. The van der Waals surface area contributed by atoms with E-state index >= 15 is 0 Å². The summed E-state index contributed by atoms with van der Waals surface area (Å²) in [5.41, 5.74) is -0.755. The van der Waals surface area contributed by atoms with Crippen molar-refractivity contribution in [1.29, 1.82) is 0 Å². The van der Waals surface area contributed by atoms with Gasteiger partial charge in [0.1, 0.15) is 6.33 Å². The number of aromatic nitrogens is 4. The van der Waals surface area contributed by atoms with Gasteiger partial charge in [-0.2, -0.15) is 0 Å². The summed E-state index contributed by atoms with van der Waals surface area (Å²) in [7, 11) is 0. The van der Waals surface area contributed by atoms with E-state index in [-0.39, 0.29) is 0 Å². The van der Waals surface area contributed by atoms with Crippen LogP contribution in [0.3, 0.4) is 0 Å². The van der Waals surface area contributed by atoms with Crippen molar-refractivity contribution in [2.75, 3.05) is 0 Å². The van der Waals surface area contributed by atoms with E-state index in [0.717, 1.165) is 0 Å². The molecule has 0 aliphatic heterocycles. The van der Waals surface area contributed by atoms with Crippen LogP contribution in [0.25, 0.3) is 0 Å². The molecular weight excluding hydrogens is 132 g/mol. The molecule has 5 heteroatoms. The maximum atomic E-state index is 9.27. The SMILES string of the molecule is CC(C)(O)Cn1cnnn1. The molecule has 5 nitrogen and oxygen atoms in total. The molecule has 0 fully saturated rings. The fourth-order valence-corrected chi connectivity index (χ4v) is 0.649. The summed E-state index contributed by atoms with van der Waals surface area (Å²) in [5.74, 6) is 0. The minimum atomic E-state index is -0.755. The van der Waals surface area contributed by atoms with Crippen LogP contribution in [0.2, 0.25) is 0 Å². The van der Waals surface area contributed by atoms with Gasteiger partial charge in [-0.1, -0.05) is 0 Å². The maximum Gasteiger partial charge on any atom is 0.138 e. The lowest BCUT2D eigenvalue weighted by Crippen LogP contribution is -2.26. The van der Waals surface area contributed by atoms with Crippen LogP contribution in [-0.4, -0.2) is 30.9 Å². The van der Waals surface area contributed by atoms with Crippen LogP contribution in [-0.2, 0) is 6.54 Å². The zero-order chi connectivity index (χ0) is 7.61. The first-order valence-electron chi connectivity index (χ1n) is 3.01. The zero-order valence-electron chi connectivity index (χ0n) is 6.02. The van der Waals surface area contributed by atoms with Crippen LogP contribution in [0.5, 0.6) is 0 Å². The fraction of sp³-hybridized carbons (Fsp3) is 0.800. The number of rotatable bonds is 2. The van der Waals surface area contributed by atoms with E-state index in [1.807, 2.05) is 0 Å². The van der Waals surface area contributed by atoms with Crippen molar-refractivity contribution < 1.29 is 5.11 Å². The molecule has 1 rings (SSSR count). The summed E-state index contributed by atoms with van der Waals surface area (Å²) < 4.78 is 1.49. The van der Waals surface area contributed by atoms with Crippen molar-refractivity contribution >= 4 is 0 Å². The van der Waals surface area contributed by atoms with Gasteiger partial charge in [0.2, 0.25) is 0 Å². The van der Waals surface area contributed by atoms with Gasteiger partial charge in [0.15, 0.2) is 0 Å². The van der Waals surface area contributed by atoms with E-state index in [1.165, 1.54) is 11.0 Å². The number of tetrazole rings is 1. The summed E-state index contributed by atoms with van der Waals surface area (Å²) >= 11 is 0. The molecule has 0 unspecified atom stereocenters. The highest BCUT2D eigenvalue weighted by Crippen LogP contribution is 2.02. The summed E-state index contributed by atoms with van der Waals surface area (Å²) in [6, 6.07) is 0. The predicted molar refractivity (Wildman–Crippen MR) is 34.1 cm³/mol. The maximum absolute atomic E-state index is 9.27. The minimum Gasteiger partial charge on any atom is -0.389 e. The summed E-state index contributed by atoms with van der Waals surface area (Å²) in [6.45, 7) is 3.82. The van der Waals surface area contributed by atoms with Crippen molar-refractivity contribution in [3.8, 4) is 0 Å². The average molecular weight is 142 g/mol. The highest BCUT2D eigenvalue weighted by molar-refractivity contribution is 4.64. The van der Waals surface area contributed by atoms with Crippen LogP contribution in [0.15, 0.2) is 6.33 Å². The molecule has 0 atom stereocenters. The van der Waals surface area contributed by atoms with Gasteiger partial charge < -0.3 is 5.11 Å². The smallest absolute Gasteiger partial charge is 0.138 e. The Morgan fingerprint density at radius 1 is 1.60 bits per heavy atom. The Kier molecular flexibility index (Phi) is 1.67. The molecule has 0 amide bonds. The Labute approximate surface area is 58.7 Å². The summed E-state index contributed by atoms with van der Waals surface area (Å²) in [4.78, 5) is 0. The summed E-state index contributed by atoms with van der Waals surface area (Å²) in [6.07, 6.45) is 1.47. The highest BCUT2D eigenvalue weighted by atomic mass is 16.3. The van der Waals surface area contributed by atoms with Crippen LogP contribution >= 0.6 is 0 Å². The third-order valence-electron chi connectivity index (χ3n) is 0.940. The number of hydrogen-bond donors (Lipinski definition) is 1. The Morgan fingerprint density at radius 3 is 2.70 bits per heavy atom. The second-order valence-corrected chi connectivity index (χ2v) is 2.82. The lowest BCUT2D eigenvalue weighted by molar-refractivity contribution is 0.0571. The van der Waals surface area contributed by atoms with Crippen molar-refractivity contribution in [3.63, 3.8) is 0 Å². The molecule has 0 aromatic carbocycles. The normalized spacial score (nSPS) is 11.9. The third kappa shape index (κ3) is 2.10. The van der Waals surface area contributed by atoms with E-state index < -0.39 is 5.60 Å². The first-order valence-corrected chi connectivity index (χ1v) is 3.01. The molecule has 0 spiro atoms. The molecule has 0 radical (unpaired) electrons. The predicted octanol–water partition coefficient (Wildman–Crippen LogP) is -0.556. The van der Waals surface area contributed by atoms with Gasteiger partial charge in [0, 0.05) is 0 Å². The lowest BCUT2D eigenvalue weighted by atomic mass is 10.1. The molecule has 1 aromatic heterocycles. The van der Waals surface area contributed by atoms with E-state index in [9.17, 15) is 5.11 Å². The summed E-state index contributed by atoms with van der Waals surface area (Å²) in [5, 5.41) is 19.7. The topological polar surface area (TPSA) is 63.8 Å². The van der Waals surface area contributed by atoms with Crippen LogP contribution in [0.1, 0.15) is 13.8 Å². The largest absolute Gasteiger partial charge is 0.389 e.